The van der Waals surface area contributed by atoms with E-state index in [0.29, 0.717) is 13.0 Å². The SMILES string of the molecule is CCCCCCCCCCCCCCC(C(=O)[O-])C(C)OCCCC. The van der Waals surface area contributed by atoms with Gasteiger partial charge in [-0.2, -0.15) is 0 Å². The Bertz CT molecular complexity index is 291. The third-order valence-corrected chi connectivity index (χ3v) is 5.12. The van der Waals surface area contributed by atoms with Gasteiger partial charge in [0.2, 0.25) is 0 Å². The third-order valence-electron chi connectivity index (χ3n) is 5.12. The van der Waals surface area contributed by atoms with E-state index in [1.54, 1.807) is 0 Å². The Hall–Kier alpha value is -0.570. The maximum absolute atomic E-state index is 11.3. The Morgan fingerprint density at radius 2 is 1.20 bits per heavy atom. The minimum absolute atomic E-state index is 0.232. The van der Waals surface area contributed by atoms with Crippen LogP contribution in [0.15, 0.2) is 0 Å². The van der Waals surface area contributed by atoms with Crippen LogP contribution in [0.3, 0.4) is 0 Å². The molecule has 0 aliphatic carbocycles. The lowest BCUT2D eigenvalue weighted by Crippen LogP contribution is -2.38. The number of unbranched alkanes of at least 4 members (excludes halogenated alkanes) is 12. The number of hydrogen-bond acceptors (Lipinski definition) is 3. The highest BCUT2D eigenvalue weighted by Crippen LogP contribution is 2.18. The summed E-state index contributed by atoms with van der Waals surface area (Å²) in [6.07, 6.45) is 18.1. The Morgan fingerprint density at radius 3 is 1.64 bits per heavy atom. The van der Waals surface area contributed by atoms with Gasteiger partial charge >= 0.3 is 0 Å². The van der Waals surface area contributed by atoms with E-state index in [4.69, 9.17) is 4.74 Å². The molecule has 3 heteroatoms. The molecule has 0 fully saturated rings. The molecule has 0 aliphatic rings. The molecule has 0 amide bonds. The number of carbonyl (C=O) groups is 1. The summed E-state index contributed by atoms with van der Waals surface area (Å²) in [4.78, 5) is 11.3. The molecular weight excluding hydrogens is 312 g/mol. The van der Waals surface area contributed by atoms with Crippen LogP contribution in [0.25, 0.3) is 0 Å². The number of aliphatic carboxylic acids is 1. The predicted octanol–water partition coefficient (Wildman–Crippen LogP) is 5.65. The lowest BCUT2D eigenvalue weighted by molar-refractivity contribution is -0.315. The van der Waals surface area contributed by atoms with E-state index < -0.39 is 11.9 Å². The molecule has 0 aliphatic heterocycles. The highest BCUT2D eigenvalue weighted by molar-refractivity contribution is 5.68. The molecule has 0 heterocycles. The first-order valence-corrected chi connectivity index (χ1v) is 11.0. The van der Waals surface area contributed by atoms with Crippen LogP contribution in [-0.4, -0.2) is 18.7 Å². The Kier molecular flexibility index (Phi) is 17.8. The van der Waals surface area contributed by atoms with Gasteiger partial charge in [0.15, 0.2) is 0 Å². The molecule has 0 radical (unpaired) electrons. The Balaban J connectivity index is 3.55. The minimum Gasteiger partial charge on any atom is -0.550 e. The number of rotatable bonds is 19. The summed E-state index contributed by atoms with van der Waals surface area (Å²) < 4.78 is 5.64. The van der Waals surface area contributed by atoms with Crippen molar-refractivity contribution in [2.45, 2.75) is 123 Å². The number of ether oxygens (including phenoxy) is 1. The lowest BCUT2D eigenvalue weighted by Gasteiger charge is -2.25. The summed E-state index contributed by atoms with van der Waals surface area (Å²) in [5.74, 6) is -1.41. The van der Waals surface area contributed by atoms with Gasteiger partial charge in [0.1, 0.15) is 0 Å². The molecule has 0 saturated carbocycles. The zero-order valence-electron chi connectivity index (χ0n) is 17.2. The number of carboxylic acids is 1. The van der Waals surface area contributed by atoms with Crippen LogP contribution < -0.4 is 5.11 Å². The molecule has 3 nitrogen and oxygen atoms in total. The van der Waals surface area contributed by atoms with Crippen molar-refractivity contribution < 1.29 is 14.6 Å². The molecule has 2 atom stereocenters. The van der Waals surface area contributed by atoms with Crippen LogP contribution in [-0.2, 0) is 9.53 Å². The second kappa shape index (κ2) is 18.2. The van der Waals surface area contributed by atoms with Gasteiger partial charge in [-0.1, -0.05) is 97.3 Å². The second-order valence-electron chi connectivity index (χ2n) is 7.53. The Morgan fingerprint density at radius 1 is 0.760 bits per heavy atom. The van der Waals surface area contributed by atoms with Crippen LogP contribution in [0, 0.1) is 5.92 Å². The maximum Gasteiger partial charge on any atom is 0.0627 e. The monoisotopic (exact) mass is 355 g/mol. The fourth-order valence-electron chi connectivity index (χ4n) is 3.28. The number of carboxylic acid groups (broad SMARTS) is 1. The van der Waals surface area contributed by atoms with E-state index >= 15 is 0 Å². The average Bonchev–Trinajstić information content (AvgIpc) is 2.58. The van der Waals surface area contributed by atoms with E-state index in [2.05, 4.69) is 13.8 Å². The quantitative estimate of drug-likeness (QED) is 0.281. The molecular formula is C22H43O3-. The Labute approximate surface area is 156 Å². The van der Waals surface area contributed by atoms with Crippen molar-refractivity contribution in [1.82, 2.24) is 0 Å². The average molecular weight is 356 g/mol. The van der Waals surface area contributed by atoms with E-state index in [9.17, 15) is 9.90 Å². The first-order valence-electron chi connectivity index (χ1n) is 11.0. The standard InChI is InChI=1S/C22H44O3/c1-4-6-8-9-10-11-12-13-14-15-16-17-18-21(22(23)24)20(3)25-19-7-5-2/h20-21H,4-19H2,1-3H3,(H,23,24)/p-1. The van der Waals surface area contributed by atoms with Crippen LogP contribution in [0.4, 0.5) is 0 Å². The fourth-order valence-corrected chi connectivity index (χ4v) is 3.28. The molecule has 150 valence electrons. The topological polar surface area (TPSA) is 49.4 Å². The van der Waals surface area contributed by atoms with Gasteiger partial charge in [0, 0.05) is 18.5 Å². The van der Waals surface area contributed by atoms with Gasteiger partial charge in [0.25, 0.3) is 0 Å². The van der Waals surface area contributed by atoms with Gasteiger partial charge in [-0.3, -0.25) is 0 Å². The van der Waals surface area contributed by atoms with E-state index in [0.717, 1.165) is 25.7 Å². The fraction of sp³-hybridized carbons (Fsp3) is 0.955. The highest BCUT2D eigenvalue weighted by atomic mass is 16.5. The van der Waals surface area contributed by atoms with Crippen LogP contribution >= 0.6 is 0 Å². The predicted molar refractivity (Wildman–Crippen MR) is 105 cm³/mol. The van der Waals surface area contributed by atoms with Crippen molar-refractivity contribution in [1.29, 1.82) is 0 Å². The number of hydrogen-bond donors (Lipinski definition) is 0. The zero-order valence-corrected chi connectivity index (χ0v) is 17.2. The van der Waals surface area contributed by atoms with E-state index in [-0.39, 0.29) is 6.10 Å². The molecule has 0 aromatic carbocycles. The van der Waals surface area contributed by atoms with Gasteiger partial charge in [0.05, 0.1) is 6.10 Å². The maximum atomic E-state index is 11.3. The molecule has 0 bridgehead atoms. The van der Waals surface area contributed by atoms with Gasteiger partial charge in [-0.05, 0) is 19.8 Å². The molecule has 0 rings (SSSR count). The van der Waals surface area contributed by atoms with Crippen molar-refractivity contribution in [3.63, 3.8) is 0 Å². The summed E-state index contributed by atoms with van der Waals surface area (Å²) >= 11 is 0. The lowest BCUT2D eigenvalue weighted by atomic mass is 9.95. The second-order valence-corrected chi connectivity index (χ2v) is 7.53. The largest absolute Gasteiger partial charge is 0.550 e. The normalized spacial score (nSPS) is 13.7. The first kappa shape index (κ1) is 24.4. The summed E-state index contributed by atoms with van der Waals surface area (Å²) in [5.41, 5.74) is 0. The van der Waals surface area contributed by atoms with E-state index in [1.165, 1.54) is 64.2 Å². The first-order chi connectivity index (χ1) is 12.1. The molecule has 0 N–H and O–H groups in total. The molecule has 25 heavy (non-hydrogen) atoms. The van der Waals surface area contributed by atoms with Gasteiger partial charge in [-0.25, -0.2) is 0 Å². The number of carbonyl (C=O) groups excluding carboxylic acids is 1. The van der Waals surface area contributed by atoms with Gasteiger partial charge < -0.3 is 14.6 Å². The summed E-state index contributed by atoms with van der Waals surface area (Å²) in [6.45, 7) is 6.89. The molecule has 2 unspecified atom stereocenters. The van der Waals surface area contributed by atoms with Crippen LogP contribution in [0.2, 0.25) is 0 Å². The van der Waals surface area contributed by atoms with Crippen molar-refractivity contribution in [2.75, 3.05) is 6.61 Å². The molecule has 0 aromatic heterocycles. The molecule has 0 spiro atoms. The molecule has 0 aromatic rings. The van der Waals surface area contributed by atoms with E-state index in [1.807, 2.05) is 6.92 Å². The zero-order chi connectivity index (χ0) is 18.8. The van der Waals surface area contributed by atoms with Crippen molar-refractivity contribution in [3.8, 4) is 0 Å². The van der Waals surface area contributed by atoms with Crippen molar-refractivity contribution in [2.24, 2.45) is 5.92 Å². The minimum atomic E-state index is -0.952. The van der Waals surface area contributed by atoms with Crippen molar-refractivity contribution >= 4 is 5.97 Å². The van der Waals surface area contributed by atoms with Gasteiger partial charge in [-0.15, -0.1) is 0 Å². The van der Waals surface area contributed by atoms with Crippen LogP contribution in [0.5, 0.6) is 0 Å². The van der Waals surface area contributed by atoms with Crippen molar-refractivity contribution in [3.05, 3.63) is 0 Å². The summed E-state index contributed by atoms with van der Waals surface area (Å²) in [7, 11) is 0. The summed E-state index contributed by atoms with van der Waals surface area (Å²) in [6, 6.07) is 0. The summed E-state index contributed by atoms with van der Waals surface area (Å²) in [5, 5.41) is 11.3. The third kappa shape index (κ3) is 15.4. The van der Waals surface area contributed by atoms with Crippen LogP contribution in [0.1, 0.15) is 117 Å². The smallest absolute Gasteiger partial charge is 0.0627 e. The highest BCUT2D eigenvalue weighted by Gasteiger charge is 2.18. The molecule has 0 saturated heterocycles.